The minimum Gasteiger partial charge on any atom is -0.351 e. The molecule has 1 aromatic rings. The van der Waals surface area contributed by atoms with Gasteiger partial charge in [-0.15, -0.1) is 0 Å². The van der Waals surface area contributed by atoms with Crippen LogP contribution in [-0.2, 0) is 0 Å². The van der Waals surface area contributed by atoms with Gasteiger partial charge in [-0.1, -0.05) is 5.16 Å². The van der Waals surface area contributed by atoms with Gasteiger partial charge < -0.3 is 14.7 Å². The number of hydrogen-bond acceptors (Lipinski definition) is 4. The lowest BCUT2D eigenvalue weighted by Gasteiger charge is -2.14. The Labute approximate surface area is 87.4 Å². The average molecular weight is 207 g/mol. The summed E-state index contributed by atoms with van der Waals surface area (Å²) in [5.41, 5.74) is 0. The highest BCUT2D eigenvalue weighted by Crippen LogP contribution is 2.25. The second-order valence-electron chi connectivity index (χ2n) is 4.20. The van der Waals surface area contributed by atoms with Crippen LogP contribution in [0.2, 0.25) is 0 Å². The van der Waals surface area contributed by atoms with Crippen molar-refractivity contribution in [2.24, 2.45) is 5.92 Å². The molecule has 0 aromatic carbocycles. The molecule has 2 saturated heterocycles. The first-order valence-electron chi connectivity index (χ1n) is 5.28. The summed E-state index contributed by atoms with van der Waals surface area (Å²) in [6.07, 6.45) is 2.67. The molecular formula is C10H13N3O2. The number of rotatable bonds is 1. The van der Waals surface area contributed by atoms with Crippen LogP contribution in [0.3, 0.4) is 0 Å². The third-order valence-corrected chi connectivity index (χ3v) is 3.30. The molecule has 1 N–H and O–H groups in total. The minimum absolute atomic E-state index is 0.0382. The van der Waals surface area contributed by atoms with Crippen LogP contribution < -0.4 is 5.32 Å². The van der Waals surface area contributed by atoms with Gasteiger partial charge >= 0.3 is 0 Å². The van der Waals surface area contributed by atoms with E-state index in [0.29, 0.717) is 17.7 Å². The molecule has 2 aliphatic rings. The molecule has 0 bridgehead atoms. The fourth-order valence-corrected chi connectivity index (χ4v) is 2.50. The second-order valence-corrected chi connectivity index (χ2v) is 4.20. The van der Waals surface area contributed by atoms with E-state index in [0.717, 1.165) is 19.6 Å². The Morgan fingerprint density at radius 1 is 1.60 bits per heavy atom. The van der Waals surface area contributed by atoms with E-state index in [-0.39, 0.29) is 5.91 Å². The largest absolute Gasteiger partial charge is 0.351 e. The van der Waals surface area contributed by atoms with Gasteiger partial charge in [0.2, 0.25) is 5.76 Å². The molecule has 0 spiro atoms. The summed E-state index contributed by atoms with van der Waals surface area (Å²) in [7, 11) is 0. The maximum atomic E-state index is 11.9. The van der Waals surface area contributed by atoms with Crippen LogP contribution in [0.5, 0.6) is 0 Å². The van der Waals surface area contributed by atoms with Crippen molar-refractivity contribution in [1.82, 2.24) is 15.4 Å². The lowest BCUT2D eigenvalue weighted by atomic mass is 10.1. The minimum atomic E-state index is -0.0382. The van der Waals surface area contributed by atoms with Crippen molar-refractivity contribution in [3.05, 3.63) is 18.0 Å². The first-order chi connectivity index (χ1) is 7.34. The van der Waals surface area contributed by atoms with Gasteiger partial charge in [-0.3, -0.25) is 4.79 Å². The van der Waals surface area contributed by atoms with Crippen LogP contribution in [0.4, 0.5) is 0 Å². The molecule has 0 saturated carbocycles. The molecule has 2 aliphatic heterocycles. The number of amides is 1. The van der Waals surface area contributed by atoms with E-state index in [1.54, 1.807) is 6.07 Å². The highest BCUT2D eigenvalue weighted by Gasteiger charge is 2.38. The smallest absolute Gasteiger partial charge is 0.292 e. The lowest BCUT2D eigenvalue weighted by molar-refractivity contribution is 0.0741. The van der Waals surface area contributed by atoms with E-state index >= 15 is 0 Å². The molecule has 3 rings (SSSR count). The van der Waals surface area contributed by atoms with Crippen LogP contribution in [0.25, 0.3) is 0 Å². The van der Waals surface area contributed by atoms with Crippen LogP contribution in [0, 0.1) is 5.92 Å². The standard InChI is InChI=1S/C10H13N3O2/c14-10(9-2-4-12-15-9)13-5-7-1-3-11-8(7)6-13/h2,4,7-8,11H,1,3,5-6H2. The molecule has 0 radical (unpaired) electrons. The van der Waals surface area contributed by atoms with Gasteiger partial charge in [0.05, 0.1) is 6.20 Å². The third-order valence-electron chi connectivity index (χ3n) is 3.30. The van der Waals surface area contributed by atoms with Crippen molar-refractivity contribution < 1.29 is 9.32 Å². The van der Waals surface area contributed by atoms with E-state index in [1.165, 1.54) is 12.6 Å². The Kier molecular flexibility index (Phi) is 1.98. The van der Waals surface area contributed by atoms with Crippen molar-refractivity contribution >= 4 is 5.91 Å². The second kappa shape index (κ2) is 3.34. The van der Waals surface area contributed by atoms with Crippen molar-refractivity contribution in [2.45, 2.75) is 12.5 Å². The number of hydrogen-bond donors (Lipinski definition) is 1. The van der Waals surface area contributed by atoms with E-state index in [2.05, 4.69) is 10.5 Å². The van der Waals surface area contributed by atoms with Crippen LogP contribution in [-0.4, -0.2) is 41.6 Å². The topological polar surface area (TPSA) is 58.4 Å². The van der Waals surface area contributed by atoms with Crippen molar-refractivity contribution in [2.75, 3.05) is 19.6 Å². The Bertz CT molecular complexity index is 351. The molecule has 3 heterocycles. The van der Waals surface area contributed by atoms with Crippen LogP contribution >= 0.6 is 0 Å². The summed E-state index contributed by atoms with van der Waals surface area (Å²) in [6, 6.07) is 2.10. The molecule has 2 atom stereocenters. The first kappa shape index (κ1) is 8.91. The normalized spacial score (nSPS) is 29.5. The van der Waals surface area contributed by atoms with Gasteiger partial charge in [0.15, 0.2) is 0 Å². The van der Waals surface area contributed by atoms with Crippen LogP contribution in [0.15, 0.2) is 16.8 Å². The van der Waals surface area contributed by atoms with Crippen LogP contribution in [0.1, 0.15) is 17.0 Å². The Hall–Kier alpha value is -1.36. The van der Waals surface area contributed by atoms with Crippen molar-refractivity contribution in [1.29, 1.82) is 0 Å². The van der Waals surface area contributed by atoms with Gasteiger partial charge in [-0.2, -0.15) is 0 Å². The van der Waals surface area contributed by atoms with E-state index in [9.17, 15) is 4.79 Å². The first-order valence-corrected chi connectivity index (χ1v) is 5.28. The van der Waals surface area contributed by atoms with E-state index in [4.69, 9.17) is 4.52 Å². The third kappa shape index (κ3) is 1.43. The van der Waals surface area contributed by atoms with Gasteiger partial charge in [0.25, 0.3) is 5.91 Å². The lowest BCUT2D eigenvalue weighted by Crippen LogP contribution is -2.33. The summed E-state index contributed by atoms with van der Waals surface area (Å²) in [5.74, 6) is 0.926. The molecular weight excluding hydrogens is 194 g/mol. The molecule has 1 aromatic heterocycles. The predicted octanol–water partition coefficient (Wildman–Crippen LogP) is 0.108. The van der Waals surface area contributed by atoms with Crippen molar-refractivity contribution in [3.8, 4) is 0 Å². The molecule has 1 amide bonds. The Morgan fingerprint density at radius 3 is 3.27 bits per heavy atom. The van der Waals surface area contributed by atoms with Gasteiger partial charge in [-0.25, -0.2) is 0 Å². The number of carbonyl (C=O) groups is 1. The van der Waals surface area contributed by atoms with Gasteiger partial charge in [0.1, 0.15) is 0 Å². The highest BCUT2D eigenvalue weighted by molar-refractivity contribution is 5.91. The Morgan fingerprint density at radius 2 is 2.53 bits per heavy atom. The maximum Gasteiger partial charge on any atom is 0.292 e. The van der Waals surface area contributed by atoms with Gasteiger partial charge in [-0.05, 0) is 18.9 Å². The Balaban J connectivity index is 1.72. The van der Waals surface area contributed by atoms with E-state index < -0.39 is 0 Å². The molecule has 5 heteroatoms. The molecule has 2 unspecified atom stereocenters. The maximum absolute atomic E-state index is 11.9. The number of nitrogens with one attached hydrogen (secondary N) is 1. The molecule has 80 valence electrons. The quantitative estimate of drug-likeness (QED) is 0.710. The number of fused-ring (bicyclic) bond motifs is 1. The number of carbonyl (C=O) groups excluding carboxylic acids is 1. The summed E-state index contributed by atoms with van der Waals surface area (Å²) >= 11 is 0. The number of likely N-dealkylation sites (tertiary alicyclic amines) is 1. The summed E-state index contributed by atoms with van der Waals surface area (Å²) in [4.78, 5) is 13.8. The fourth-order valence-electron chi connectivity index (χ4n) is 2.50. The molecule has 2 fully saturated rings. The number of aromatic nitrogens is 1. The van der Waals surface area contributed by atoms with Gasteiger partial charge in [0, 0.05) is 25.2 Å². The number of nitrogens with zero attached hydrogens (tertiary/aromatic N) is 2. The molecule has 15 heavy (non-hydrogen) atoms. The summed E-state index contributed by atoms with van der Waals surface area (Å²) in [5, 5.41) is 6.96. The molecule has 5 nitrogen and oxygen atoms in total. The summed E-state index contributed by atoms with van der Waals surface area (Å²) < 4.78 is 4.87. The van der Waals surface area contributed by atoms with E-state index in [1.807, 2.05) is 4.90 Å². The predicted molar refractivity (Wildman–Crippen MR) is 52.3 cm³/mol. The highest BCUT2D eigenvalue weighted by atomic mass is 16.5. The zero-order valence-corrected chi connectivity index (χ0v) is 8.35. The molecule has 0 aliphatic carbocycles. The zero-order chi connectivity index (χ0) is 10.3. The average Bonchev–Trinajstić information content (AvgIpc) is 2.92. The zero-order valence-electron chi connectivity index (χ0n) is 8.35. The monoisotopic (exact) mass is 207 g/mol. The fraction of sp³-hybridized carbons (Fsp3) is 0.600. The SMILES string of the molecule is O=C(c1ccno1)N1CC2CCNC2C1. The summed E-state index contributed by atoms with van der Waals surface area (Å²) in [6.45, 7) is 2.72. The van der Waals surface area contributed by atoms with Crippen molar-refractivity contribution in [3.63, 3.8) is 0 Å².